The smallest absolute Gasteiger partial charge is 0.250 e. The highest BCUT2D eigenvalue weighted by Crippen LogP contribution is 2.22. The molecule has 0 saturated heterocycles. The van der Waals surface area contributed by atoms with Crippen molar-refractivity contribution in [2.75, 3.05) is 23.7 Å². The van der Waals surface area contributed by atoms with Crippen molar-refractivity contribution in [2.24, 2.45) is 5.73 Å². The summed E-state index contributed by atoms with van der Waals surface area (Å²) in [6.07, 6.45) is 3.44. The van der Waals surface area contributed by atoms with Crippen molar-refractivity contribution in [1.29, 1.82) is 0 Å². The van der Waals surface area contributed by atoms with Gasteiger partial charge in [-0.2, -0.15) is 0 Å². The van der Waals surface area contributed by atoms with Crippen LogP contribution in [0.25, 0.3) is 0 Å². The molecule has 3 rings (SSSR count). The van der Waals surface area contributed by atoms with Crippen LogP contribution < -0.4 is 16.4 Å². The number of fused-ring (bicyclic) bond motifs is 1. The fourth-order valence-electron chi connectivity index (χ4n) is 2.74. The number of carbonyl (C=O) groups excluding carboxylic acids is 1. The number of hydrogen-bond acceptors (Lipinski definition) is 4. The molecule has 1 aliphatic rings. The summed E-state index contributed by atoms with van der Waals surface area (Å²) in [7, 11) is 0. The second kappa shape index (κ2) is 5.44. The summed E-state index contributed by atoms with van der Waals surface area (Å²) in [4.78, 5) is 17.9. The highest BCUT2D eigenvalue weighted by Gasteiger charge is 2.17. The Morgan fingerprint density at radius 3 is 2.33 bits per heavy atom. The van der Waals surface area contributed by atoms with Crippen molar-refractivity contribution < 1.29 is 4.79 Å². The lowest BCUT2D eigenvalue weighted by molar-refractivity contribution is 0.100. The van der Waals surface area contributed by atoms with Crippen LogP contribution >= 0.6 is 0 Å². The van der Waals surface area contributed by atoms with E-state index in [1.807, 2.05) is 0 Å². The number of primary amides is 1. The number of nitrogen functional groups attached to an aromatic ring is 1. The normalized spacial score (nSPS) is 14.4. The zero-order valence-electron chi connectivity index (χ0n) is 11.7. The van der Waals surface area contributed by atoms with Crippen molar-refractivity contribution in [2.45, 2.75) is 12.8 Å². The summed E-state index contributed by atoms with van der Waals surface area (Å²) < 4.78 is 0. The van der Waals surface area contributed by atoms with Crippen LogP contribution in [0.5, 0.6) is 0 Å². The van der Waals surface area contributed by atoms with Crippen molar-refractivity contribution in [3.63, 3.8) is 0 Å². The van der Waals surface area contributed by atoms with Crippen molar-refractivity contribution in [3.8, 4) is 0 Å². The molecule has 0 fully saturated rings. The Morgan fingerprint density at radius 1 is 1.14 bits per heavy atom. The molecule has 0 bridgehead atoms. The zero-order chi connectivity index (χ0) is 14.8. The molecule has 0 saturated carbocycles. The van der Waals surface area contributed by atoms with E-state index in [2.05, 4.69) is 34.1 Å². The molecule has 108 valence electrons. The number of carbonyl (C=O) groups is 1. The van der Waals surface area contributed by atoms with Gasteiger partial charge in [-0.15, -0.1) is 0 Å². The highest BCUT2D eigenvalue weighted by atomic mass is 16.1. The summed E-state index contributed by atoms with van der Waals surface area (Å²) in [5.74, 6) is 0.236. The van der Waals surface area contributed by atoms with Gasteiger partial charge < -0.3 is 16.4 Å². The molecule has 21 heavy (non-hydrogen) atoms. The fraction of sp³-hybridized carbons (Fsp3) is 0.250. The lowest BCUT2D eigenvalue weighted by atomic mass is 10.0. The van der Waals surface area contributed by atoms with Crippen LogP contribution in [0.1, 0.15) is 21.5 Å². The molecule has 1 aromatic heterocycles. The Labute approximate surface area is 123 Å². The minimum absolute atomic E-state index is 0.323. The van der Waals surface area contributed by atoms with Crippen molar-refractivity contribution in [3.05, 3.63) is 53.2 Å². The van der Waals surface area contributed by atoms with E-state index in [4.69, 9.17) is 11.5 Å². The van der Waals surface area contributed by atoms with Gasteiger partial charge in [0.1, 0.15) is 5.82 Å². The molecule has 5 nitrogen and oxygen atoms in total. The van der Waals surface area contributed by atoms with Gasteiger partial charge in [0.2, 0.25) is 0 Å². The molecule has 5 heteroatoms. The maximum atomic E-state index is 11.4. The summed E-state index contributed by atoms with van der Waals surface area (Å²) >= 11 is 0. The van der Waals surface area contributed by atoms with Gasteiger partial charge in [0.15, 0.2) is 0 Å². The summed E-state index contributed by atoms with van der Waals surface area (Å²) in [5.41, 5.74) is 14.5. The number of rotatable bonds is 2. The SMILES string of the molecule is NC(=O)c1cc(N2CCc3ccccc3CC2)ncc1N. The first kappa shape index (κ1) is 13.4. The number of benzene rings is 1. The molecule has 1 amide bonds. The number of pyridine rings is 1. The molecule has 0 atom stereocenters. The Hall–Kier alpha value is -2.56. The van der Waals surface area contributed by atoms with E-state index in [9.17, 15) is 4.79 Å². The van der Waals surface area contributed by atoms with E-state index in [1.165, 1.54) is 17.3 Å². The number of nitrogens with zero attached hydrogens (tertiary/aromatic N) is 2. The highest BCUT2D eigenvalue weighted by molar-refractivity contribution is 5.98. The third-order valence-electron chi connectivity index (χ3n) is 3.93. The zero-order valence-corrected chi connectivity index (χ0v) is 11.7. The first-order valence-electron chi connectivity index (χ1n) is 7.02. The van der Waals surface area contributed by atoms with E-state index in [1.54, 1.807) is 6.07 Å². The predicted octanol–water partition coefficient (Wildman–Crippen LogP) is 1.37. The number of anilines is 2. The van der Waals surface area contributed by atoms with Crippen LogP contribution in [0.2, 0.25) is 0 Å². The van der Waals surface area contributed by atoms with Gasteiger partial charge >= 0.3 is 0 Å². The van der Waals surface area contributed by atoms with Gasteiger partial charge in [-0.25, -0.2) is 4.98 Å². The maximum absolute atomic E-state index is 11.4. The minimum Gasteiger partial charge on any atom is -0.397 e. The van der Waals surface area contributed by atoms with Gasteiger partial charge in [-0.3, -0.25) is 4.79 Å². The topological polar surface area (TPSA) is 85.2 Å². The van der Waals surface area contributed by atoms with Gasteiger partial charge in [0.25, 0.3) is 5.91 Å². The van der Waals surface area contributed by atoms with Crippen LogP contribution in [-0.4, -0.2) is 24.0 Å². The molecule has 0 radical (unpaired) electrons. The van der Waals surface area contributed by atoms with Crippen LogP contribution in [0.3, 0.4) is 0 Å². The quantitative estimate of drug-likeness (QED) is 0.871. The van der Waals surface area contributed by atoms with Crippen LogP contribution in [-0.2, 0) is 12.8 Å². The summed E-state index contributed by atoms with van der Waals surface area (Å²) in [6, 6.07) is 10.2. The van der Waals surface area contributed by atoms with Crippen molar-refractivity contribution >= 4 is 17.4 Å². The molecule has 0 spiro atoms. The average molecular weight is 282 g/mol. The molecule has 4 N–H and O–H groups in total. The van der Waals surface area contributed by atoms with E-state index in [-0.39, 0.29) is 0 Å². The van der Waals surface area contributed by atoms with Crippen LogP contribution in [0, 0.1) is 0 Å². The third kappa shape index (κ3) is 2.67. The lowest BCUT2D eigenvalue weighted by Gasteiger charge is -2.22. The van der Waals surface area contributed by atoms with Crippen LogP contribution in [0.15, 0.2) is 36.5 Å². The molecule has 1 aliphatic heterocycles. The van der Waals surface area contributed by atoms with Gasteiger partial charge in [0, 0.05) is 13.1 Å². The second-order valence-corrected chi connectivity index (χ2v) is 5.25. The number of nitrogens with two attached hydrogens (primary N) is 2. The largest absolute Gasteiger partial charge is 0.397 e. The van der Waals surface area contributed by atoms with Gasteiger partial charge in [0.05, 0.1) is 17.4 Å². The van der Waals surface area contributed by atoms with E-state index in [0.717, 1.165) is 31.7 Å². The summed E-state index contributed by atoms with van der Waals surface area (Å²) in [6.45, 7) is 1.73. The molecular formula is C16H18N4O. The monoisotopic (exact) mass is 282 g/mol. The standard InChI is InChI=1S/C16H18N4O/c17-14-10-19-15(9-13(14)16(18)21)20-7-5-11-3-1-2-4-12(11)6-8-20/h1-4,9-10H,5-8,17H2,(H2,18,21). The molecule has 2 heterocycles. The van der Waals surface area contributed by atoms with E-state index >= 15 is 0 Å². The predicted molar refractivity (Wildman–Crippen MR) is 83.2 cm³/mol. The Morgan fingerprint density at radius 2 is 1.76 bits per heavy atom. The van der Waals surface area contributed by atoms with Gasteiger partial charge in [-0.05, 0) is 30.0 Å². The molecular weight excluding hydrogens is 264 g/mol. The Balaban J connectivity index is 1.86. The molecule has 2 aromatic rings. The number of hydrogen-bond donors (Lipinski definition) is 2. The first-order chi connectivity index (χ1) is 10.1. The second-order valence-electron chi connectivity index (χ2n) is 5.25. The Kier molecular flexibility index (Phi) is 3.48. The Bertz CT molecular complexity index is 657. The van der Waals surface area contributed by atoms with Crippen molar-refractivity contribution in [1.82, 2.24) is 4.98 Å². The average Bonchev–Trinajstić information content (AvgIpc) is 2.70. The lowest BCUT2D eigenvalue weighted by Crippen LogP contribution is -2.27. The minimum atomic E-state index is -0.519. The first-order valence-corrected chi connectivity index (χ1v) is 7.02. The molecule has 1 aromatic carbocycles. The van der Waals surface area contributed by atoms with E-state index < -0.39 is 5.91 Å². The maximum Gasteiger partial charge on any atom is 0.250 e. The van der Waals surface area contributed by atoms with Gasteiger partial charge in [-0.1, -0.05) is 24.3 Å². The summed E-state index contributed by atoms with van der Waals surface area (Å²) in [5, 5.41) is 0. The number of aromatic nitrogens is 1. The van der Waals surface area contributed by atoms with E-state index in [0.29, 0.717) is 11.3 Å². The fourth-order valence-corrected chi connectivity index (χ4v) is 2.74. The van der Waals surface area contributed by atoms with Crippen LogP contribution in [0.4, 0.5) is 11.5 Å². The molecule has 0 aliphatic carbocycles. The number of amides is 1. The molecule has 0 unspecified atom stereocenters. The third-order valence-corrected chi connectivity index (χ3v) is 3.93.